The topological polar surface area (TPSA) is 67.6 Å². The first-order chi connectivity index (χ1) is 16.2. The molecule has 1 aromatic heterocycles. The molecule has 1 fully saturated rings. The van der Waals surface area contributed by atoms with Crippen molar-refractivity contribution in [1.82, 2.24) is 14.5 Å². The summed E-state index contributed by atoms with van der Waals surface area (Å²) < 4.78 is 7.80. The summed E-state index contributed by atoms with van der Waals surface area (Å²) in [6.45, 7) is 1.75. The van der Waals surface area contributed by atoms with E-state index in [1.165, 1.54) is 0 Å². The van der Waals surface area contributed by atoms with E-state index < -0.39 is 6.10 Å². The zero-order chi connectivity index (χ0) is 22.6. The molecule has 0 bridgehead atoms. The molecule has 0 unspecified atom stereocenters. The Labute approximate surface area is 193 Å². The molecule has 2 heterocycles. The summed E-state index contributed by atoms with van der Waals surface area (Å²) in [4.78, 5) is 19.6. The number of benzene rings is 3. The second-order valence-corrected chi connectivity index (χ2v) is 8.51. The van der Waals surface area contributed by atoms with Crippen LogP contribution in [0.5, 0.6) is 5.75 Å². The number of carbonyl (C=O) groups is 1. The van der Waals surface area contributed by atoms with Crippen LogP contribution < -0.4 is 4.74 Å². The van der Waals surface area contributed by atoms with E-state index in [0.29, 0.717) is 26.1 Å². The van der Waals surface area contributed by atoms with Gasteiger partial charge in [0.2, 0.25) is 5.91 Å². The highest BCUT2D eigenvalue weighted by atomic mass is 16.5. The number of hydrogen-bond acceptors (Lipinski definition) is 4. The van der Waals surface area contributed by atoms with Crippen molar-refractivity contribution in [3.05, 3.63) is 96.3 Å². The van der Waals surface area contributed by atoms with Crippen LogP contribution in [0.15, 0.2) is 84.9 Å². The maximum atomic E-state index is 12.8. The van der Waals surface area contributed by atoms with Gasteiger partial charge in [0.1, 0.15) is 24.3 Å². The van der Waals surface area contributed by atoms with Gasteiger partial charge in [-0.3, -0.25) is 4.79 Å². The Morgan fingerprint density at radius 3 is 2.45 bits per heavy atom. The van der Waals surface area contributed by atoms with Crippen LogP contribution in [0.1, 0.15) is 23.7 Å². The molecular weight excluding hydrogens is 414 g/mol. The first kappa shape index (κ1) is 21.2. The first-order valence-electron chi connectivity index (χ1n) is 11.3. The molecule has 0 spiro atoms. The molecule has 168 valence electrons. The van der Waals surface area contributed by atoms with Gasteiger partial charge in [0.25, 0.3) is 0 Å². The lowest BCUT2D eigenvalue weighted by molar-refractivity contribution is -0.128. The summed E-state index contributed by atoms with van der Waals surface area (Å²) in [7, 11) is 0. The molecule has 3 aromatic carbocycles. The van der Waals surface area contributed by atoms with Crippen molar-refractivity contribution in [1.29, 1.82) is 0 Å². The number of likely N-dealkylation sites (tertiary alicyclic amines) is 1. The molecule has 1 saturated heterocycles. The Balaban J connectivity index is 1.35. The lowest BCUT2D eigenvalue weighted by Gasteiger charge is -2.19. The number of hydrogen-bond donors (Lipinski definition) is 1. The highest BCUT2D eigenvalue weighted by molar-refractivity contribution is 5.81. The van der Waals surface area contributed by atoms with Gasteiger partial charge in [-0.15, -0.1) is 0 Å². The summed E-state index contributed by atoms with van der Waals surface area (Å²) in [6, 6.07) is 27.4. The fourth-order valence-corrected chi connectivity index (χ4v) is 4.47. The van der Waals surface area contributed by atoms with Gasteiger partial charge in [0.05, 0.1) is 17.6 Å². The van der Waals surface area contributed by atoms with Gasteiger partial charge >= 0.3 is 0 Å². The highest BCUT2D eigenvalue weighted by Crippen LogP contribution is 2.31. The van der Waals surface area contributed by atoms with E-state index in [1.54, 1.807) is 0 Å². The third kappa shape index (κ3) is 4.76. The highest BCUT2D eigenvalue weighted by Gasteiger charge is 2.34. The Hall–Kier alpha value is -3.64. The maximum Gasteiger partial charge on any atom is 0.223 e. The van der Waals surface area contributed by atoms with Crippen molar-refractivity contribution in [2.24, 2.45) is 0 Å². The molecule has 1 amide bonds. The van der Waals surface area contributed by atoms with Crippen molar-refractivity contribution in [3.8, 4) is 5.75 Å². The molecule has 5 rings (SSSR count). The molecule has 4 aromatic rings. The van der Waals surface area contributed by atoms with Crippen LogP contribution in [0, 0.1) is 0 Å². The molecule has 0 saturated carbocycles. The van der Waals surface area contributed by atoms with Gasteiger partial charge < -0.3 is 19.3 Å². The van der Waals surface area contributed by atoms with Gasteiger partial charge in [0.15, 0.2) is 0 Å². The molecule has 6 heteroatoms. The number of carbonyl (C=O) groups excluding carboxylic acids is 1. The number of aliphatic hydroxyl groups is 1. The standard InChI is InChI=1S/C27H27N3O3/c31-22(19-33-23-11-5-2-6-12-23)18-30-25-14-8-7-13-24(25)28-27(30)21-15-26(32)29(17-21)16-20-9-3-1-4-10-20/h1-14,21-22,31H,15-19H2/t21-,22-/m1/s1. The van der Waals surface area contributed by atoms with Crippen LogP contribution in [-0.4, -0.2) is 44.7 Å². The summed E-state index contributed by atoms with van der Waals surface area (Å²) >= 11 is 0. The van der Waals surface area contributed by atoms with E-state index in [-0.39, 0.29) is 18.4 Å². The summed E-state index contributed by atoms with van der Waals surface area (Å²) in [5.41, 5.74) is 2.95. The number of imidazole rings is 1. The number of nitrogens with zero attached hydrogens (tertiary/aromatic N) is 3. The van der Waals surface area contributed by atoms with Crippen LogP contribution in [0.2, 0.25) is 0 Å². The quantitative estimate of drug-likeness (QED) is 0.449. The van der Waals surface area contributed by atoms with E-state index in [4.69, 9.17) is 9.72 Å². The average Bonchev–Trinajstić information content (AvgIpc) is 3.39. The number of rotatable bonds is 8. The normalized spacial score (nSPS) is 16.9. The molecule has 1 aliphatic heterocycles. The number of fused-ring (bicyclic) bond motifs is 1. The van der Waals surface area contributed by atoms with Gasteiger partial charge in [-0.1, -0.05) is 60.7 Å². The minimum Gasteiger partial charge on any atom is -0.491 e. The van der Waals surface area contributed by atoms with Gasteiger partial charge in [-0.25, -0.2) is 4.98 Å². The number of amides is 1. The summed E-state index contributed by atoms with van der Waals surface area (Å²) in [6.07, 6.45) is -0.286. The second kappa shape index (κ2) is 9.46. The average molecular weight is 442 g/mol. The number of aromatic nitrogens is 2. The molecule has 0 aliphatic carbocycles. The Kier molecular flexibility index (Phi) is 6.09. The molecule has 33 heavy (non-hydrogen) atoms. The number of para-hydroxylation sites is 3. The van der Waals surface area contributed by atoms with E-state index in [1.807, 2.05) is 89.8 Å². The Morgan fingerprint density at radius 1 is 0.970 bits per heavy atom. The fourth-order valence-electron chi connectivity index (χ4n) is 4.47. The second-order valence-electron chi connectivity index (χ2n) is 8.51. The van der Waals surface area contributed by atoms with E-state index in [0.717, 1.165) is 28.2 Å². The number of ether oxygens (including phenoxy) is 1. The smallest absolute Gasteiger partial charge is 0.223 e. The third-order valence-corrected chi connectivity index (χ3v) is 6.06. The third-order valence-electron chi connectivity index (χ3n) is 6.06. The largest absolute Gasteiger partial charge is 0.491 e. The summed E-state index contributed by atoms with van der Waals surface area (Å²) in [5.74, 6) is 1.69. The van der Waals surface area contributed by atoms with E-state index >= 15 is 0 Å². The maximum absolute atomic E-state index is 12.8. The SMILES string of the molecule is O=C1C[C@@H](c2nc3ccccc3n2C[C@@H](O)COc2ccccc2)CN1Cc1ccccc1. The van der Waals surface area contributed by atoms with Crippen LogP contribution >= 0.6 is 0 Å². The molecular formula is C27H27N3O3. The molecule has 1 N–H and O–H groups in total. The molecule has 1 aliphatic rings. The van der Waals surface area contributed by atoms with E-state index in [2.05, 4.69) is 4.57 Å². The monoisotopic (exact) mass is 441 g/mol. The van der Waals surface area contributed by atoms with Crippen LogP contribution in [0.25, 0.3) is 11.0 Å². The van der Waals surface area contributed by atoms with Gasteiger partial charge in [0, 0.05) is 25.4 Å². The van der Waals surface area contributed by atoms with Crippen LogP contribution in [0.4, 0.5) is 0 Å². The van der Waals surface area contributed by atoms with Crippen LogP contribution in [0.3, 0.4) is 0 Å². The Bertz CT molecular complexity index is 1220. The first-order valence-corrected chi connectivity index (χ1v) is 11.3. The van der Waals surface area contributed by atoms with Crippen LogP contribution in [-0.2, 0) is 17.9 Å². The van der Waals surface area contributed by atoms with Crippen molar-refractivity contribution in [3.63, 3.8) is 0 Å². The lowest BCUT2D eigenvalue weighted by Crippen LogP contribution is -2.26. The minimum atomic E-state index is -0.709. The zero-order valence-corrected chi connectivity index (χ0v) is 18.4. The molecule has 0 radical (unpaired) electrons. The molecule has 6 nitrogen and oxygen atoms in total. The number of aliphatic hydroxyl groups excluding tert-OH is 1. The van der Waals surface area contributed by atoms with Crippen molar-refractivity contribution >= 4 is 16.9 Å². The van der Waals surface area contributed by atoms with Crippen molar-refractivity contribution in [2.45, 2.75) is 31.5 Å². The zero-order valence-electron chi connectivity index (χ0n) is 18.4. The lowest BCUT2D eigenvalue weighted by atomic mass is 10.1. The van der Waals surface area contributed by atoms with Crippen molar-refractivity contribution < 1.29 is 14.6 Å². The molecule has 2 atom stereocenters. The van der Waals surface area contributed by atoms with E-state index in [9.17, 15) is 9.90 Å². The Morgan fingerprint density at radius 2 is 1.67 bits per heavy atom. The van der Waals surface area contributed by atoms with Crippen molar-refractivity contribution in [2.75, 3.05) is 13.2 Å². The predicted molar refractivity (Wildman–Crippen MR) is 127 cm³/mol. The predicted octanol–water partition coefficient (Wildman–Crippen LogP) is 3.99. The minimum absolute atomic E-state index is 0.0177. The summed E-state index contributed by atoms with van der Waals surface area (Å²) in [5, 5.41) is 10.8. The fraction of sp³-hybridized carbons (Fsp3) is 0.259. The van der Waals surface area contributed by atoms with Gasteiger partial charge in [-0.05, 0) is 29.8 Å². The van der Waals surface area contributed by atoms with Gasteiger partial charge in [-0.2, -0.15) is 0 Å².